The third-order valence-corrected chi connectivity index (χ3v) is 5.25. The fourth-order valence-electron chi connectivity index (χ4n) is 3.41. The largest absolute Gasteiger partial charge is 0.454 e. The Morgan fingerprint density at radius 1 is 1.23 bits per heavy atom. The van der Waals surface area contributed by atoms with E-state index in [9.17, 15) is 19.5 Å². The monoisotopic (exact) mass is 431 g/mol. The first-order chi connectivity index (χ1) is 14.6. The Morgan fingerprint density at radius 2 is 1.87 bits per heavy atom. The third kappa shape index (κ3) is 4.51. The summed E-state index contributed by atoms with van der Waals surface area (Å²) in [5.41, 5.74) is -0.715. The second kappa shape index (κ2) is 8.58. The van der Waals surface area contributed by atoms with Crippen molar-refractivity contribution in [2.45, 2.75) is 52.7 Å². The number of hydrogen-bond acceptors (Lipinski definition) is 6. The molecule has 0 fully saturated rings. The lowest BCUT2D eigenvalue weighted by atomic mass is 10.00. The van der Waals surface area contributed by atoms with E-state index in [2.05, 4.69) is 10.6 Å². The van der Waals surface area contributed by atoms with Gasteiger partial charge < -0.3 is 29.8 Å². The van der Waals surface area contributed by atoms with Crippen LogP contribution in [0.4, 0.5) is 0 Å². The normalized spacial score (nSPS) is 14.0. The summed E-state index contributed by atoms with van der Waals surface area (Å²) in [6.07, 6.45) is 1.50. The maximum absolute atomic E-state index is 13.1. The zero-order valence-electron chi connectivity index (χ0n) is 18.4. The number of aryl methyl sites for hydroxylation is 1. The molecule has 31 heavy (non-hydrogen) atoms. The molecule has 0 spiro atoms. The number of carbonyl (C=O) groups excluding carboxylic acids is 2. The van der Waals surface area contributed by atoms with Gasteiger partial charge in [-0.05, 0) is 32.8 Å². The Hall–Kier alpha value is -3.07. The van der Waals surface area contributed by atoms with Crippen molar-refractivity contribution < 1.29 is 24.2 Å². The molecule has 0 radical (unpaired) electrons. The lowest BCUT2D eigenvalue weighted by molar-refractivity contribution is -0.126. The van der Waals surface area contributed by atoms with Gasteiger partial charge in [-0.3, -0.25) is 14.4 Å². The highest BCUT2D eigenvalue weighted by atomic mass is 16.7. The molecule has 1 atom stereocenters. The standard InChI is InChI=1S/C22H29N3O6/c1-6-25-9-14(19(27)13-7-16-17(8-15(13)25)31-11-30-16)20(28)23-18(12(2)3)21(29)24-22(4,5)10-26/h7-9,12,18,26H,6,10-11H2,1-5H3,(H,23,28)(H,24,29). The van der Waals surface area contributed by atoms with Crippen molar-refractivity contribution in [2.75, 3.05) is 13.4 Å². The van der Waals surface area contributed by atoms with E-state index in [0.717, 1.165) is 0 Å². The highest BCUT2D eigenvalue weighted by Gasteiger charge is 2.30. The molecule has 3 rings (SSSR count). The molecule has 1 aromatic carbocycles. The first-order valence-corrected chi connectivity index (χ1v) is 10.3. The highest BCUT2D eigenvalue weighted by molar-refractivity contribution is 6.00. The third-order valence-electron chi connectivity index (χ3n) is 5.25. The Bertz CT molecular complexity index is 1070. The molecule has 9 heteroatoms. The van der Waals surface area contributed by atoms with Crippen LogP contribution < -0.4 is 25.5 Å². The smallest absolute Gasteiger partial charge is 0.257 e. The van der Waals surface area contributed by atoms with Crippen LogP contribution >= 0.6 is 0 Å². The zero-order valence-corrected chi connectivity index (χ0v) is 18.4. The molecule has 0 saturated heterocycles. The topological polar surface area (TPSA) is 119 Å². The average Bonchev–Trinajstić information content (AvgIpc) is 3.18. The van der Waals surface area contributed by atoms with Gasteiger partial charge in [-0.15, -0.1) is 0 Å². The fourth-order valence-corrected chi connectivity index (χ4v) is 3.41. The maximum atomic E-state index is 13.1. The van der Waals surface area contributed by atoms with E-state index in [-0.39, 0.29) is 24.9 Å². The summed E-state index contributed by atoms with van der Waals surface area (Å²) >= 11 is 0. The second-order valence-electron chi connectivity index (χ2n) is 8.61. The van der Waals surface area contributed by atoms with Crippen LogP contribution in [0.1, 0.15) is 45.0 Å². The molecular formula is C22H29N3O6. The molecule has 168 valence electrons. The van der Waals surface area contributed by atoms with Crippen LogP contribution in [-0.4, -0.2) is 46.5 Å². The van der Waals surface area contributed by atoms with Crippen molar-refractivity contribution in [1.82, 2.24) is 15.2 Å². The summed E-state index contributed by atoms with van der Waals surface area (Å²) in [7, 11) is 0. The van der Waals surface area contributed by atoms with Crippen LogP contribution in [0.3, 0.4) is 0 Å². The van der Waals surface area contributed by atoms with Crippen LogP contribution in [0.5, 0.6) is 11.5 Å². The minimum Gasteiger partial charge on any atom is -0.454 e. The van der Waals surface area contributed by atoms with E-state index < -0.39 is 28.8 Å². The Labute approximate surface area is 180 Å². The van der Waals surface area contributed by atoms with Crippen LogP contribution in [0.25, 0.3) is 10.9 Å². The van der Waals surface area contributed by atoms with Gasteiger partial charge in [0.15, 0.2) is 11.5 Å². The van der Waals surface area contributed by atoms with Crippen molar-refractivity contribution in [3.05, 3.63) is 34.1 Å². The maximum Gasteiger partial charge on any atom is 0.257 e. The van der Waals surface area contributed by atoms with Gasteiger partial charge in [0.25, 0.3) is 5.91 Å². The lowest BCUT2D eigenvalue weighted by Gasteiger charge is -2.29. The SMILES string of the molecule is CCn1cc(C(=O)NC(C(=O)NC(C)(C)CO)C(C)C)c(=O)c2cc3c(cc21)OCO3. The van der Waals surface area contributed by atoms with E-state index in [1.807, 2.05) is 6.92 Å². The van der Waals surface area contributed by atoms with E-state index in [1.54, 1.807) is 44.4 Å². The van der Waals surface area contributed by atoms with E-state index in [4.69, 9.17) is 9.47 Å². The number of carbonyl (C=O) groups is 2. The van der Waals surface area contributed by atoms with Crippen molar-refractivity contribution >= 4 is 22.7 Å². The summed E-state index contributed by atoms with van der Waals surface area (Å²) in [6.45, 7) is 9.19. The summed E-state index contributed by atoms with van der Waals surface area (Å²) in [6, 6.07) is 2.44. The quantitative estimate of drug-likeness (QED) is 0.610. The minimum absolute atomic E-state index is 0.0620. The number of rotatable bonds is 7. The van der Waals surface area contributed by atoms with E-state index in [0.29, 0.717) is 28.9 Å². The van der Waals surface area contributed by atoms with Crippen LogP contribution in [0, 0.1) is 5.92 Å². The van der Waals surface area contributed by atoms with Crippen LogP contribution in [0.2, 0.25) is 0 Å². The molecule has 1 aromatic heterocycles. The molecule has 2 heterocycles. The predicted molar refractivity (Wildman–Crippen MR) is 115 cm³/mol. The molecule has 0 aliphatic carbocycles. The molecular weight excluding hydrogens is 402 g/mol. The zero-order chi connectivity index (χ0) is 22.9. The van der Waals surface area contributed by atoms with Gasteiger partial charge in [-0.2, -0.15) is 0 Å². The highest BCUT2D eigenvalue weighted by Crippen LogP contribution is 2.35. The Morgan fingerprint density at radius 3 is 2.45 bits per heavy atom. The van der Waals surface area contributed by atoms with Crippen molar-refractivity contribution in [1.29, 1.82) is 0 Å². The summed E-state index contributed by atoms with van der Waals surface area (Å²) < 4.78 is 12.6. The number of amides is 2. The predicted octanol–water partition coefficient (Wildman–Crippen LogP) is 1.39. The average molecular weight is 431 g/mol. The molecule has 2 aromatic rings. The number of nitrogens with one attached hydrogen (secondary N) is 2. The Kier molecular flexibility index (Phi) is 6.26. The molecule has 9 nitrogen and oxygen atoms in total. The van der Waals surface area contributed by atoms with Gasteiger partial charge in [-0.25, -0.2) is 0 Å². The number of aliphatic hydroxyl groups is 1. The van der Waals surface area contributed by atoms with Gasteiger partial charge in [0.2, 0.25) is 18.1 Å². The van der Waals surface area contributed by atoms with Crippen LogP contribution in [-0.2, 0) is 11.3 Å². The summed E-state index contributed by atoms with van der Waals surface area (Å²) in [5.74, 6) is -0.296. The molecule has 1 aliphatic heterocycles. The van der Waals surface area contributed by atoms with E-state index >= 15 is 0 Å². The van der Waals surface area contributed by atoms with Gasteiger partial charge in [-0.1, -0.05) is 13.8 Å². The number of aliphatic hydroxyl groups excluding tert-OH is 1. The van der Waals surface area contributed by atoms with Crippen LogP contribution in [0.15, 0.2) is 23.1 Å². The first kappa shape index (κ1) is 22.6. The molecule has 1 unspecified atom stereocenters. The number of hydrogen-bond donors (Lipinski definition) is 3. The number of benzene rings is 1. The Balaban J connectivity index is 1.97. The molecule has 0 bridgehead atoms. The molecule has 1 aliphatic rings. The fraction of sp³-hybridized carbons (Fsp3) is 0.500. The molecule has 2 amide bonds. The first-order valence-electron chi connectivity index (χ1n) is 10.3. The van der Waals surface area contributed by atoms with Crippen molar-refractivity contribution in [2.24, 2.45) is 5.92 Å². The number of fused-ring (bicyclic) bond motifs is 2. The molecule has 0 saturated carbocycles. The van der Waals surface area contributed by atoms with Gasteiger partial charge in [0, 0.05) is 18.8 Å². The van der Waals surface area contributed by atoms with Gasteiger partial charge in [0.1, 0.15) is 11.6 Å². The summed E-state index contributed by atoms with van der Waals surface area (Å²) in [5, 5.41) is 15.2. The number of ether oxygens (including phenoxy) is 2. The van der Waals surface area contributed by atoms with Crippen molar-refractivity contribution in [3.63, 3.8) is 0 Å². The molecule has 3 N–H and O–H groups in total. The van der Waals surface area contributed by atoms with Gasteiger partial charge in [0.05, 0.1) is 23.0 Å². The minimum atomic E-state index is -0.875. The van der Waals surface area contributed by atoms with Gasteiger partial charge >= 0.3 is 0 Å². The number of nitrogens with zero attached hydrogens (tertiary/aromatic N) is 1. The second-order valence-corrected chi connectivity index (χ2v) is 8.61. The number of aromatic nitrogens is 1. The summed E-state index contributed by atoms with van der Waals surface area (Å²) in [4.78, 5) is 38.9. The van der Waals surface area contributed by atoms with Crippen molar-refractivity contribution in [3.8, 4) is 11.5 Å². The van der Waals surface area contributed by atoms with E-state index in [1.165, 1.54) is 6.20 Å². The number of pyridine rings is 1. The lowest BCUT2D eigenvalue weighted by Crippen LogP contribution is -2.56.